The van der Waals surface area contributed by atoms with Crippen molar-refractivity contribution in [3.63, 3.8) is 0 Å². The summed E-state index contributed by atoms with van der Waals surface area (Å²) in [5, 5.41) is 0. The van der Waals surface area contributed by atoms with E-state index in [1.165, 1.54) is 16.7 Å². The molecule has 0 unspecified atom stereocenters. The van der Waals surface area contributed by atoms with Gasteiger partial charge in [0.1, 0.15) is 5.52 Å². The standard InChI is InChI=1S/C19H21N3/c1-12(2)5-16-9-20-10-18-19(16)21-11-17(22-18)15-7-13(3)6-14(4)8-15/h6-12H,5H2,1-4H3. The SMILES string of the molecule is Cc1cc(C)cc(-c2cnc3c(CC(C)C)cncc3n2)c1. The number of benzene rings is 1. The van der Waals surface area contributed by atoms with Gasteiger partial charge in [-0.05, 0) is 43.9 Å². The van der Waals surface area contributed by atoms with Crippen molar-refractivity contribution in [3.8, 4) is 11.3 Å². The molecule has 0 aliphatic carbocycles. The fraction of sp³-hybridized carbons (Fsp3) is 0.316. The van der Waals surface area contributed by atoms with Crippen LogP contribution >= 0.6 is 0 Å². The van der Waals surface area contributed by atoms with Crippen LogP contribution in [0.2, 0.25) is 0 Å². The van der Waals surface area contributed by atoms with E-state index in [4.69, 9.17) is 4.98 Å². The third-order valence-corrected chi connectivity index (χ3v) is 3.68. The number of aryl methyl sites for hydroxylation is 2. The summed E-state index contributed by atoms with van der Waals surface area (Å²) >= 11 is 0. The normalized spacial score (nSPS) is 11.3. The molecule has 3 nitrogen and oxygen atoms in total. The van der Waals surface area contributed by atoms with E-state index in [-0.39, 0.29) is 0 Å². The van der Waals surface area contributed by atoms with Crippen LogP contribution in [-0.2, 0) is 6.42 Å². The average molecular weight is 291 g/mol. The van der Waals surface area contributed by atoms with E-state index < -0.39 is 0 Å². The smallest absolute Gasteiger partial charge is 0.108 e. The average Bonchev–Trinajstić information content (AvgIpc) is 2.45. The molecule has 3 rings (SSSR count). The number of aromatic nitrogens is 3. The van der Waals surface area contributed by atoms with Gasteiger partial charge in [0.05, 0.1) is 23.6 Å². The van der Waals surface area contributed by atoms with Crippen LogP contribution in [0.25, 0.3) is 22.3 Å². The molecule has 1 aromatic carbocycles. The number of pyridine rings is 1. The number of hydrogen-bond donors (Lipinski definition) is 0. The van der Waals surface area contributed by atoms with E-state index in [9.17, 15) is 0 Å². The number of hydrogen-bond acceptors (Lipinski definition) is 3. The minimum Gasteiger partial charge on any atom is -0.262 e. The fourth-order valence-corrected chi connectivity index (χ4v) is 2.85. The zero-order valence-corrected chi connectivity index (χ0v) is 13.6. The maximum atomic E-state index is 4.77. The van der Waals surface area contributed by atoms with E-state index in [1.807, 2.05) is 12.4 Å². The Bertz CT molecular complexity index is 802. The third kappa shape index (κ3) is 2.98. The van der Waals surface area contributed by atoms with Crippen LogP contribution in [-0.4, -0.2) is 15.0 Å². The first-order valence-electron chi connectivity index (χ1n) is 7.71. The Balaban J connectivity index is 2.10. The van der Waals surface area contributed by atoms with Crippen LogP contribution < -0.4 is 0 Å². The quantitative estimate of drug-likeness (QED) is 0.712. The molecule has 0 atom stereocenters. The summed E-state index contributed by atoms with van der Waals surface area (Å²) in [5.41, 5.74) is 7.51. The summed E-state index contributed by atoms with van der Waals surface area (Å²) in [6.07, 6.45) is 6.56. The van der Waals surface area contributed by atoms with Crippen LogP contribution in [0.3, 0.4) is 0 Å². The summed E-state index contributed by atoms with van der Waals surface area (Å²) in [4.78, 5) is 13.8. The summed E-state index contributed by atoms with van der Waals surface area (Å²) in [7, 11) is 0. The molecule has 0 aliphatic rings. The maximum absolute atomic E-state index is 4.77. The molecular weight excluding hydrogens is 270 g/mol. The van der Waals surface area contributed by atoms with Crippen LogP contribution in [0, 0.1) is 19.8 Å². The highest BCUT2D eigenvalue weighted by molar-refractivity contribution is 5.79. The number of rotatable bonds is 3. The van der Waals surface area contributed by atoms with Crippen LogP contribution in [0.15, 0.2) is 36.8 Å². The molecule has 0 amide bonds. The molecule has 3 heteroatoms. The third-order valence-electron chi connectivity index (χ3n) is 3.68. The lowest BCUT2D eigenvalue weighted by Gasteiger charge is -2.09. The molecule has 0 spiro atoms. The first-order valence-corrected chi connectivity index (χ1v) is 7.71. The van der Waals surface area contributed by atoms with E-state index in [2.05, 4.69) is 55.9 Å². The Morgan fingerprint density at radius 1 is 0.955 bits per heavy atom. The van der Waals surface area contributed by atoms with E-state index in [0.717, 1.165) is 28.7 Å². The molecule has 0 N–H and O–H groups in total. The fourth-order valence-electron chi connectivity index (χ4n) is 2.85. The van der Waals surface area contributed by atoms with Crippen molar-refractivity contribution < 1.29 is 0 Å². The molecule has 0 saturated heterocycles. The Morgan fingerprint density at radius 2 is 1.68 bits per heavy atom. The lowest BCUT2D eigenvalue weighted by atomic mass is 10.0. The van der Waals surface area contributed by atoms with Crippen molar-refractivity contribution in [2.45, 2.75) is 34.1 Å². The molecule has 0 fully saturated rings. The molecular formula is C19H21N3. The van der Waals surface area contributed by atoms with Gasteiger partial charge < -0.3 is 0 Å². The maximum Gasteiger partial charge on any atom is 0.108 e. The summed E-state index contributed by atoms with van der Waals surface area (Å²) in [5.74, 6) is 0.577. The van der Waals surface area contributed by atoms with Crippen molar-refractivity contribution >= 4 is 11.0 Å². The molecule has 22 heavy (non-hydrogen) atoms. The van der Waals surface area contributed by atoms with Crippen LogP contribution in [0.4, 0.5) is 0 Å². The van der Waals surface area contributed by atoms with Gasteiger partial charge in [0.2, 0.25) is 0 Å². The van der Waals surface area contributed by atoms with Gasteiger partial charge in [0.15, 0.2) is 0 Å². The topological polar surface area (TPSA) is 38.7 Å². The lowest BCUT2D eigenvalue weighted by molar-refractivity contribution is 0.648. The number of nitrogens with zero attached hydrogens (tertiary/aromatic N) is 3. The summed E-state index contributed by atoms with van der Waals surface area (Å²) in [6.45, 7) is 8.62. The predicted octanol–water partition coefficient (Wildman–Crippen LogP) is 4.51. The highest BCUT2D eigenvalue weighted by atomic mass is 14.8. The second kappa shape index (κ2) is 5.84. The van der Waals surface area contributed by atoms with Crippen molar-refractivity contribution in [3.05, 3.63) is 53.5 Å². The Labute approximate surface area is 131 Å². The summed E-state index contributed by atoms with van der Waals surface area (Å²) < 4.78 is 0. The molecule has 0 bridgehead atoms. The largest absolute Gasteiger partial charge is 0.262 e. The van der Waals surface area contributed by atoms with E-state index >= 15 is 0 Å². The second-order valence-electron chi connectivity index (χ2n) is 6.40. The van der Waals surface area contributed by atoms with Gasteiger partial charge in [0.25, 0.3) is 0 Å². The first-order chi connectivity index (χ1) is 10.5. The Hall–Kier alpha value is -2.29. The van der Waals surface area contributed by atoms with Gasteiger partial charge >= 0.3 is 0 Å². The van der Waals surface area contributed by atoms with Crippen molar-refractivity contribution in [2.24, 2.45) is 5.92 Å². The van der Waals surface area contributed by atoms with Gasteiger partial charge in [-0.15, -0.1) is 0 Å². The zero-order chi connectivity index (χ0) is 15.7. The van der Waals surface area contributed by atoms with Gasteiger partial charge in [-0.25, -0.2) is 4.98 Å². The van der Waals surface area contributed by atoms with Gasteiger partial charge in [-0.1, -0.05) is 31.0 Å². The van der Waals surface area contributed by atoms with Crippen molar-refractivity contribution in [2.75, 3.05) is 0 Å². The zero-order valence-electron chi connectivity index (χ0n) is 13.6. The molecule has 0 radical (unpaired) electrons. The van der Waals surface area contributed by atoms with Gasteiger partial charge in [-0.3, -0.25) is 9.97 Å². The van der Waals surface area contributed by atoms with Crippen LogP contribution in [0.1, 0.15) is 30.5 Å². The van der Waals surface area contributed by atoms with Gasteiger partial charge in [-0.2, -0.15) is 0 Å². The molecule has 112 valence electrons. The molecule has 3 aromatic rings. The molecule has 2 aromatic heterocycles. The summed E-state index contributed by atoms with van der Waals surface area (Å²) in [6, 6.07) is 6.46. The van der Waals surface area contributed by atoms with E-state index in [0.29, 0.717) is 5.92 Å². The molecule has 0 aliphatic heterocycles. The second-order valence-corrected chi connectivity index (χ2v) is 6.40. The number of fused-ring (bicyclic) bond motifs is 1. The molecule has 2 heterocycles. The minimum absolute atomic E-state index is 0.577. The minimum atomic E-state index is 0.577. The monoisotopic (exact) mass is 291 g/mol. The van der Waals surface area contributed by atoms with Crippen molar-refractivity contribution in [1.29, 1.82) is 0 Å². The Morgan fingerprint density at radius 3 is 2.36 bits per heavy atom. The predicted molar refractivity (Wildman–Crippen MR) is 90.8 cm³/mol. The van der Waals surface area contributed by atoms with Gasteiger partial charge in [0, 0.05) is 11.8 Å². The first kappa shape index (κ1) is 14.6. The highest BCUT2D eigenvalue weighted by Crippen LogP contribution is 2.23. The highest BCUT2D eigenvalue weighted by Gasteiger charge is 2.09. The molecule has 0 saturated carbocycles. The van der Waals surface area contributed by atoms with Crippen LogP contribution in [0.5, 0.6) is 0 Å². The lowest BCUT2D eigenvalue weighted by Crippen LogP contribution is -1.99. The van der Waals surface area contributed by atoms with E-state index in [1.54, 1.807) is 6.20 Å². The van der Waals surface area contributed by atoms with Crippen molar-refractivity contribution in [1.82, 2.24) is 15.0 Å². The Kier molecular flexibility index (Phi) is 3.88.